The summed E-state index contributed by atoms with van der Waals surface area (Å²) in [5, 5.41) is 2.79. The van der Waals surface area contributed by atoms with Gasteiger partial charge in [-0.2, -0.15) is 4.31 Å². The molecule has 32 heavy (non-hydrogen) atoms. The van der Waals surface area contributed by atoms with Gasteiger partial charge in [-0.05, 0) is 69.5 Å². The molecule has 0 unspecified atom stereocenters. The van der Waals surface area contributed by atoms with E-state index < -0.39 is 16.1 Å². The van der Waals surface area contributed by atoms with Crippen molar-refractivity contribution in [2.75, 3.05) is 26.2 Å². The number of hydrogen-bond acceptors (Lipinski definition) is 5. The van der Waals surface area contributed by atoms with Gasteiger partial charge in [-0.1, -0.05) is 24.1 Å². The van der Waals surface area contributed by atoms with Gasteiger partial charge in [0.1, 0.15) is 18.1 Å². The SMILES string of the molecule is Cc1ccc(O[C@H](C)C(=O)NCCOc2ccc(S(=O)(=O)N3CCCCC3)cc2)c(C)c1. The molecule has 0 spiro atoms. The number of hydrogen-bond donors (Lipinski definition) is 1. The summed E-state index contributed by atoms with van der Waals surface area (Å²) in [6, 6.07) is 12.2. The second-order valence-corrected chi connectivity index (χ2v) is 10.0. The number of ether oxygens (including phenoxy) is 2. The van der Waals surface area contributed by atoms with Crippen LogP contribution in [0.1, 0.15) is 37.3 Å². The molecule has 0 aliphatic carbocycles. The fraction of sp³-hybridized carbons (Fsp3) is 0.458. The number of carbonyl (C=O) groups excluding carboxylic acids is 1. The Hall–Kier alpha value is -2.58. The van der Waals surface area contributed by atoms with Crippen molar-refractivity contribution in [3.63, 3.8) is 0 Å². The van der Waals surface area contributed by atoms with Crippen molar-refractivity contribution >= 4 is 15.9 Å². The third-order valence-electron chi connectivity index (χ3n) is 5.45. The van der Waals surface area contributed by atoms with Gasteiger partial charge in [0.15, 0.2) is 6.10 Å². The molecule has 3 rings (SSSR count). The van der Waals surface area contributed by atoms with E-state index in [-0.39, 0.29) is 17.4 Å². The summed E-state index contributed by atoms with van der Waals surface area (Å²) in [5.74, 6) is 1.02. The van der Waals surface area contributed by atoms with E-state index in [9.17, 15) is 13.2 Å². The number of amides is 1. The Bertz CT molecular complexity index is 1020. The number of carbonyl (C=O) groups is 1. The molecule has 0 bridgehead atoms. The molecule has 7 nitrogen and oxygen atoms in total. The second kappa shape index (κ2) is 10.8. The van der Waals surface area contributed by atoms with Crippen molar-refractivity contribution in [3.05, 3.63) is 53.6 Å². The molecule has 174 valence electrons. The van der Waals surface area contributed by atoms with Crippen LogP contribution in [-0.2, 0) is 14.8 Å². The van der Waals surface area contributed by atoms with E-state index in [1.54, 1.807) is 35.5 Å². The molecule has 1 saturated heterocycles. The number of sulfonamides is 1. The molecule has 1 aliphatic rings. The van der Waals surface area contributed by atoms with Crippen LogP contribution in [0.4, 0.5) is 0 Å². The summed E-state index contributed by atoms with van der Waals surface area (Å²) < 4.78 is 38.3. The Morgan fingerprint density at radius 1 is 1.06 bits per heavy atom. The Morgan fingerprint density at radius 3 is 2.41 bits per heavy atom. The van der Waals surface area contributed by atoms with E-state index in [0.717, 1.165) is 30.4 Å². The van der Waals surface area contributed by atoms with Gasteiger partial charge >= 0.3 is 0 Å². The van der Waals surface area contributed by atoms with E-state index in [1.165, 1.54) is 0 Å². The lowest BCUT2D eigenvalue weighted by Crippen LogP contribution is -2.38. The van der Waals surface area contributed by atoms with Gasteiger partial charge in [0.05, 0.1) is 11.4 Å². The van der Waals surface area contributed by atoms with Crippen molar-refractivity contribution in [1.29, 1.82) is 0 Å². The lowest BCUT2D eigenvalue weighted by molar-refractivity contribution is -0.127. The first-order valence-electron chi connectivity index (χ1n) is 11.0. The molecule has 0 aromatic heterocycles. The number of nitrogens with zero attached hydrogens (tertiary/aromatic N) is 1. The van der Waals surface area contributed by atoms with Crippen LogP contribution in [0.2, 0.25) is 0 Å². The minimum atomic E-state index is -3.45. The molecule has 2 aromatic carbocycles. The number of piperidine rings is 1. The van der Waals surface area contributed by atoms with Crippen LogP contribution in [0, 0.1) is 13.8 Å². The topological polar surface area (TPSA) is 84.9 Å². The normalized spacial score (nSPS) is 15.7. The van der Waals surface area contributed by atoms with Gasteiger partial charge in [0.2, 0.25) is 10.0 Å². The van der Waals surface area contributed by atoms with Crippen LogP contribution in [0.5, 0.6) is 11.5 Å². The van der Waals surface area contributed by atoms with Gasteiger partial charge in [-0.3, -0.25) is 4.79 Å². The summed E-state index contributed by atoms with van der Waals surface area (Å²) in [4.78, 5) is 12.6. The van der Waals surface area contributed by atoms with Gasteiger partial charge in [-0.25, -0.2) is 8.42 Å². The third-order valence-corrected chi connectivity index (χ3v) is 7.36. The average molecular weight is 461 g/mol. The Labute approximate surface area is 190 Å². The molecule has 1 atom stereocenters. The van der Waals surface area contributed by atoms with Gasteiger partial charge in [0, 0.05) is 13.1 Å². The molecule has 1 aliphatic heterocycles. The summed E-state index contributed by atoms with van der Waals surface area (Å²) in [6.45, 7) is 7.39. The molecule has 2 aromatic rings. The van der Waals surface area contributed by atoms with Crippen molar-refractivity contribution in [2.45, 2.75) is 51.0 Å². The number of aryl methyl sites for hydroxylation is 2. The molecular formula is C24H32N2O5S. The zero-order valence-electron chi connectivity index (χ0n) is 19.0. The van der Waals surface area contributed by atoms with Crippen molar-refractivity contribution in [2.24, 2.45) is 0 Å². The fourth-order valence-electron chi connectivity index (χ4n) is 3.62. The van der Waals surface area contributed by atoms with E-state index in [1.807, 2.05) is 32.0 Å². The summed E-state index contributed by atoms with van der Waals surface area (Å²) in [6.07, 6.45) is 2.25. The highest BCUT2D eigenvalue weighted by atomic mass is 32.2. The molecule has 0 radical (unpaired) electrons. The van der Waals surface area contributed by atoms with Crippen molar-refractivity contribution < 1.29 is 22.7 Å². The number of benzene rings is 2. The second-order valence-electron chi connectivity index (χ2n) is 8.10. The first kappa shape index (κ1) is 24.1. The Morgan fingerprint density at radius 2 is 1.75 bits per heavy atom. The zero-order valence-corrected chi connectivity index (χ0v) is 19.8. The summed E-state index contributed by atoms with van der Waals surface area (Å²) >= 11 is 0. The predicted molar refractivity (Wildman–Crippen MR) is 124 cm³/mol. The van der Waals surface area contributed by atoms with Gasteiger partial charge in [0.25, 0.3) is 5.91 Å². The standard InChI is InChI=1S/C24H32N2O5S/c1-18-7-12-23(19(2)17-18)31-20(3)24(27)25-13-16-30-21-8-10-22(11-9-21)32(28,29)26-14-5-4-6-15-26/h7-12,17,20H,4-6,13-16H2,1-3H3,(H,25,27)/t20-/m1/s1. The fourth-order valence-corrected chi connectivity index (χ4v) is 5.14. The lowest BCUT2D eigenvalue weighted by atomic mass is 10.1. The van der Waals surface area contributed by atoms with Crippen LogP contribution >= 0.6 is 0 Å². The first-order valence-corrected chi connectivity index (χ1v) is 12.5. The van der Waals surface area contributed by atoms with Crippen LogP contribution in [0.25, 0.3) is 0 Å². The minimum Gasteiger partial charge on any atom is -0.492 e. The highest BCUT2D eigenvalue weighted by Crippen LogP contribution is 2.23. The number of nitrogens with one attached hydrogen (secondary N) is 1. The van der Waals surface area contributed by atoms with E-state index >= 15 is 0 Å². The molecule has 0 saturated carbocycles. The molecule has 1 N–H and O–H groups in total. The quantitative estimate of drug-likeness (QED) is 0.580. The van der Waals surface area contributed by atoms with Crippen LogP contribution < -0.4 is 14.8 Å². The van der Waals surface area contributed by atoms with Crippen LogP contribution in [-0.4, -0.2) is 51.0 Å². The van der Waals surface area contributed by atoms with Crippen LogP contribution in [0.3, 0.4) is 0 Å². The maximum atomic E-state index is 12.7. The van der Waals surface area contributed by atoms with Gasteiger partial charge < -0.3 is 14.8 Å². The van der Waals surface area contributed by atoms with Gasteiger partial charge in [-0.15, -0.1) is 0 Å². The van der Waals surface area contributed by atoms with Crippen molar-refractivity contribution in [1.82, 2.24) is 9.62 Å². The lowest BCUT2D eigenvalue weighted by Gasteiger charge is -2.25. The summed E-state index contributed by atoms with van der Waals surface area (Å²) in [5.41, 5.74) is 2.12. The smallest absolute Gasteiger partial charge is 0.260 e. The summed E-state index contributed by atoms with van der Waals surface area (Å²) in [7, 11) is -3.45. The maximum Gasteiger partial charge on any atom is 0.260 e. The third kappa shape index (κ3) is 6.23. The molecule has 1 fully saturated rings. The highest BCUT2D eigenvalue weighted by molar-refractivity contribution is 7.89. The minimum absolute atomic E-state index is 0.225. The predicted octanol–water partition coefficient (Wildman–Crippen LogP) is 3.44. The molecular weight excluding hydrogens is 428 g/mol. The Balaban J connectivity index is 1.43. The van der Waals surface area contributed by atoms with E-state index in [0.29, 0.717) is 31.1 Å². The van der Waals surface area contributed by atoms with Crippen molar-refractivity contribution in [3.8, 4) is 11.5 Å². The Kier molecular flexibility index (Phi) is 8.15. The number of rotatable bonds is 9. The molecule has 8 heteroatoms. The first-order chi connectivity index (χ1) is 15.3. The van der Waals surface area contributed by atoms with E-state index in [4.69, 9.17) is 9.47 Å². The average Bonchev–Trinajstić information content (AvgIpc) is 2.79. The highest BCUT2D eigenvalue weighted by Gasteiger charge is 2.25. The van der Waals surface area contributed by atoms with Crippen LogP contribution in [0.15, 0.2) is 47.4 Å². The van der Waals surface area contributed by atoms with E-state index in [2.05, 4.69) is 5.32 Å². The monoisotopic (exact) mass is 460 g/mol. The largest absolute Gasteiger partial charge is 0.492 e. The zero-order chi connectivity index (χ0) is 23.1. The molecule has 1 heterocycles. The maximum absolute atomic E-state index is 12.7. The molecule has 1 amide bonds.